The molecule has 1 aliphatic heterocycles. The van der Waals surface area contributed by atoms with Crippen LogP contribution in [0.25, 0.3) is 0 Å². The van der Waals surface area contributed by atoms with Crippen molar-refractivity contribution in [3.8, 4) is 0 Å². The second-order valence-electron chi connectivity index (χ2n) is 6.38. The number of carbonyl (C=O) groups excluding carboxylic acids is 1. The second-order valence-corrected chi connectivity index (χ2v) is 6.38. The lowest BCUT2D eigenvalue weighted by molar-refractivity contribution is -0.141. The monoisotopic (exact) mass is 326 g/mol. The highest BCUT2D eigenvalue weighted by atomic mass is 19.4. The van der Waals surface area contributed by atoms with E-state index in [4.69, 9.17) is 0 Å². The van der Waals surface area contributed by atoms with Gasteiger partial charge in [0.25, 0.3) is 0 Å². The molecule has 3 nitrogen and oxygen atoms in total. The van der Waals surface area contributed by atoms with Crippen LogP contribution in [0.15, 0.2) is 24.3 Å². The lowest BCUT2D eigenvalue weighted by Gasteiger charge is -2.30. The minimum Gasteiger partial charge on any atom is -0.335 e. The number of hydrogen-bond donors (Lipinski definition) is 1. The van der Waals surface area contributed by atoms with Crippen LogP contribution in [0.1, 0.15) is 36.8 Å². The molecule has 126 valence electrons. The van der Waals surface area contributed by atoms with Crippen molar-refractivity contribution >= 4 is 5.91 Å². The smallest absolute Gasteiger partial charge is 0.335 e. The molecule has 0 spiro atoms. The average Bonchev–Trinajstić information content (AvgIpc) is 3.37. The predicted octanol–water partition coefficient (Wildman–Crippen LogP) is 3.20. The number of hydrogen-bond acceptors (Lipinski definition) is 2. The molecule has 1 saturated heterocycles. The first-order valence-electron chi connectivity index (χ1n) is 8.13. The van der Waals surface area contributed by atoms with Crippen LogP contribution < -0.4 is 5.32 Å². The molecule has 3 rings (SSSR count). The Bertz CT molecular complexity index is 563. The fourth-order valence-electron chi connectivity index (χ4n) is 3.19. The normalized spacial score (nSPS) is 19.6. The van der Waals surface area contributed by atoms with Crippen LogP contribution in [0.3, 0.4) is 0 Å². The summed E-state index contributed by atoms with van der Waals surface area (Å²) in [7, 11) is 0. The first-order valence-corrected chi connectivity index (χ1v) is 8.13. The summed E-state index contributed by atoms with van der Waals surface area (Å²) in [6.45, 7) is 1.66. The summed E-state index contributed by atoms with van der Waals surface area (Å²) >= 11 is 0. The molecule has 0 unspecified atom stereocenters. The molecule has 1 N–H and O–H groups in total. The number of carbonyl (C=O) groups is 1. The maximum Gasteiger partial charge on any atom is 0.416 e. The zero-order valence-corrected chi connectivity index (χ0v) is 12.9. The molecule has 1 saturated carbocycles. The summed E-state index contributed by atoms with van der Waals surface area (Å²) in [5, 5.41) is 3.21. The van der Waals surface area contributed by atoms with Gasteiger partial charge in [0.1, 0.15) is 0 Å². The minimum absolute atomic E-state index is 0.0194. The summed E-state index contributed by atoms with van der Waals surface area (Å²) in [6, 6.07) is 5.68. The fourth-order valence-corrected chi connectivity index (χ4v) is 3.19. The van der Waals surface area contributed by atoms with E-state index in [0.29, 0.717) is 0 Å². The summed E-state index contributed by atoms with van der Waals surface area (Å²) in [5.74, 6) is -0.0409. The Morgan fingerprint density at radius 3 is 2.39 bits per heavy atom. The molecule has 6 heteroatoms. The van der Waals surface area contributed by atoms with Crippen molar-refractivity contribution in [1.29, 1.82) is 0 Å². The van der Waals surface area contributed by atoms with Crippen molar-refractivity contribution in [2.45, 2.75) is 44.4 Å². The van der Waals surface area contributed by atoms with Gasteiger partial charge in [-0.2, -0.15) is 13.2 Å². The summed E-state index contributed by atoms with van der Waals surface area (Å²) < 4.78 is 39.5. The van der Waals surface area contributed by atoms with Crippen LogP contribution in [0.4, 0.5) is 13.2 Å². The van der Waals surface area contributed by atoms with Crippen molar-refractivity contribution in [2.24, 2.45) is 5.92 Å². The van der Waals surface area contributed by atoms with E-state index >= 15 is 0 Å². The van der Waals surface area contributed by atoms with Gasteiger partial charge >= 0.3 is 6.18 Å². The van der Waals surface area contributed by atoms with E-state index in [1.165, 1.54) is 12.1 Å². The van der Waals surface area contributed by atoms with Gasteiger partial charge in [0, 0.05) is 18.5 Å². The molecule has 0 aromatic heterocycles. The van der Waals surface area contributed by atoms with Gasteiger partial charge < -0.3 is 10.2 Å². The van der Waals surface area contributed by atoms with Crippen LogP contribution in [0.5, 0.6) is 0 Å². The van der Waals surface area contributed by atoms with E-state index in [2.05, 4.69) is 5.32 Å². The molecule has 1 aromatic carbocycles. The number of halogens is 3. The first kappa shape index (κ1) is 16.3. The highest BCUT2D eigenvalue weighted by Crippen LogP contribution is 2.35. The van der Waals surface area contributed by atoms with E-state index in [9.17, 15) is 18.0 Å². The van der Waals surface area contributed by atoms with Crippen molar-refractivity contribution in [3.63, 3.8) is 0 Å². The largest absolute Gasteiger partial charge is 0.416 e. The second kappa shape index (κ2) is 6.51. The number of rotatable bonds is 4. The van der Waals surface area contributed by atoms with Gasteiger partial charge in [-0.05, 0) is 50.4 Å². The van der Waals surface area contributed by atoms with Gasteiger partial charge in [0.05, 0.1) is 5.56 Å². The topological polar surface area (TPSA) is 32.3 Å². The fraction of sp³-hybridized carbons (Fsp3) is 0.588. The van der Waals surface area contributed by atoms with Crippen LogP contribution >= 0.6 is 0 Å². The van der Waals surface area contributed by atoms with Gasteiger partial charge in [0.15, 0.2) is 0 Å². The molecule has 2 fully saturated rings. The Kier molecular flexibility index (Phi) is 4.62. The van der Waals surface area contributed by atoms with Crippen LogP contribution in [-0.2, 0) is 17.5 Å². The van der Waals surface area contributed by atoms with Crippen LogP contribution in [0, 0.1) is 5.92 Å². The number of amides is 1. The van der Waals surface area contributed by atoms with Gasteiger partial charge in [-0.1, -0.05) is 18.2 Å². The summed E-state index contributed by atoms with van der Waals surface area (Å²) in [4.78, 5) is 14.4. The molecule has 23 heavy (non-hydrogen) atoms. The van der Waals surface area contributed by atoms with E-state index in [1.807, 2.05) is 0 Å². The zero-order chi connectivity index (χ0) is 16.4. The first-order chi connectivity index (χ1) is 11.0. The van der Waals surface area contributed by atoms with Gasteiger partial charge in [-0.3, -0.25) is 4.79 Å². The Morgan fingerprint density at radius 2 is 1.78 bits per heavy atom. The molecule has 1 aliphatic carbocycles. The third kappa shape index (κ3) is 3.86. The van der Waals surface area contributed by atoms with Crippen molar-refractivity contribution in [3.05, 3.63) is 35.4 Å². The number of piperidine rings is 1. The Hall–Kier alpha value is -1.56. The van der Waals surface area contributed by atoms with Crippen molar-refractivity contribution in [1.82, 2.24) is 10.2 Å². The Balaban J connectivity index is 1.79. The maximum absolute atomic E-state index is 13.2. The van der Waals surface area contributed by atoms with Crippen LogP contribution in [-0.4, -0.2) is 29.9 Å². The van der Waals surface area contributed by atoms with E-state index in [1.54, 1.807) is 11.0 Å². The third-order valence-electron chi connectivity index (χ3n) is 4.62. The number of nitrogens with zero attached hydrogens (tertiary/aromatic N) is 1. The number of benzene rings is 1. The van der Waals surface area contributed by atoms with Gasteiger partial charge in [0.2, 0.25) is 5.91 Å². The SMILES string of the molecule is O=C(C1CCNCC1)N(Cc1ccccc1C(F)(F)F)C1CC1. The molecule has 1 aromatic rings. The molecule has 2 aliphatic rings. The zero-order valence-electron chi connectivity index (χ0n) is 12.9. The number of alkyl halides is 3. The molecule has 0 radical (unpaired) electrons. The Morgan fingerprint density at radius 1 is 1.13 bits per heavy atom. The van der Waals surface area contributed by atoms with Gasteiger partial charge in [-0.15, -0.1) is 0 Å². The quantitative estimate of drug-likeness (QED) is 0.921. The standard InChI is InChI=1S/C17H21F3N2O/c18-17(19,20)15-4-2-1-3-13(15)11-22(14-5-6-14)16(23)12-7-9-21-10-8-12/h1-4,12,14,21H,5-11H2. The van der Waals surface area contributed by atoms with E-state index < -0.39 is 11.7 Å². The lowest BCUT2D eigenvalue weighted by atomic mass is 9.96. The highest BCUT2D eigenvalue weighted by molar-refractivity contribution is 5.79. The molecule has 0 atom stereocenters. The van der Waals surface area contributed by atoms with E-state index in [-0.39, 0.29) is 30.0 Å². The predicted molar refractivity (Wildman–Crippen MR) is 80.6 cm³/mol. The third-order valence-corrected chi connectivity index (χ3v) is 4.62. The lowest BCUT2D eigenvalue weighted by Crippen LogP contribution is -2.42. The number of nitrogens with one attached hydrogen (secondary N) is 1. The molecular formula is C17H21F3N2O. The summed E-state index contributed by atoms with van der Waals surface area (Å²) in [5.41, 5.74) is -0.446. The maximum atomic E-state index is 13.2. The average molecular weight is 326 g/mol. The molecule has 0 bridgehead atoms. The minimum atomic E-state index is -4.39. The van der Waals surface area contributed by atoms with E-state index in [0.717, 1.165) is 44.8 Å². The Labute approximate surface area is 133 Å². The summed E-state index contributed by atoms with van der Waals surface area (Å²) in [6.07, 6.45) is -1.06. The van der Waals surface area contributed by atoms with Crippen LogP contribution in [0.2, 0.25) is 0 Å². The molecule has 1 heterocycles. The highest BCUT2D eigenvalue weighted by Gasteiger charge is 2.38. The molecular weight excluding hydrogens is 305 g/mol. The van der Waals surface area contributed by atoms with Crippen molar-refractivity contribution in [2.75, 3.05) is 13.1 Å². The van der Waals surface area contributed by atoms with Gasteiger partial charge in [-0.25, -0.2) is 0 Å². The van der Waals surface area contributed by atoms with Crippen molar-refractivity contribution < 1.29 is 18.0 Å². The molecule has 1 amide bonds.